The highest BCUT2D eigenvalue weighted by Crippen LogP contribution is 2.18. The van der Waals surface area contributed by atoms with Crippen molar-refractivity contribution in [2.24, 2.45) is 0 Å². The predicted molar refractivity (Wildman–Crippen MR) is 76.5 cm³/mol. The van der Waals surface area contributed by atoms with Crippen molar-refractivity contribution >= 4 is 23.2 Å². The van der Waals surface area contributed by atoms with Crippen LogP contribution < -0.4 is 5.32 Å². The molecule has 0 saturated heterocycles. The van der Waals surface area contributed by atoms with Crippen molar-refractivity contribution in [1.29, 1.82) is 5.26 Å². The summed E-state index contributed by atoms with van der Waals surface area (Å²) in [6.45, 7) is 3.71. The third-order valence-corrected chi connectivity index (χ3v) is 3.43. The summed E-state index contributed by atoms with van der Waals surface area (Å²) in [6, 6.07) is 8.69. The number of nitrogens with zero attached hydrogens (tertiary/aromatic N) is 3. The summed E-state index contributed by atoms with van der Waals surface area (Å²) in [4.78, 5) is 11.9. The first kappa shape index (κ1) is 14.1. The van der Waals surface area contributed by atoms with E-state index in [0.29, 0.717) is 22.0 Å². The van der Waals surface area contributed by atoms with E-state index >= 15 is 0 Å². The van der Waals surface area contributed by atoms with Gasteiger partial charge in [0.05, 0.1) is 28.0 Å². The summed E-state index contributed by atoms with van der Waals surface area (Å²) in [5.74, 6) is -0.197. The average molecular weight is 289 g/mol. The van der Waals surface area contributed by atoms with Gasteiger partial charge in [-0.05, 0) is 38.1 Å². The number of hydrogen-bond donors (Lipinski definition) is 1. The number of rotatable bonds is 3. The minimum Gasteiger partial charge on any atom is -0.324 e. The molecule has 2 rings (SSSR count). The highest BCUT2D eigenvalue weighted by atomic mass is 35.5. The maximum atomic E-state index is 11.9. The van der Waals surface area contributed by atoms with Crippen LogP contribution in [0.4, 0.5) is 5.69 Å². The zero-order valence-corrected chi connectivity index (χ0v) is 11.9. The molecule has 1 amide bonds. The lowest BCUT2D eigenvalue weighted by Crippen LogP contribution is -2.20. The standard InChI is InChI=1S/C14H13ClN4O/c1-9-14(15)10(2)19(18-9)8-13(20)17-12-5-3-11(7-16)4-6-12/h3-6H,8H2,1-2H3,(H,17,20). The molecule has 2 aromatic rings. The largest absolute Gasteiger partial charge is 0.324 e. The van der Waals surface area contributed by atoms with Crippen LogP contribution in [0, 0.1) is 25.2 Å². The van der Waals surface area contributed by atoms with E-state index in [1.54, 1.807) is 35.9 Å². The van der Waals surface area contributed by atoms with E-state index < -0.39 is 0 Å². The molecule has 1 N–H and O–H groups in total. The van der Waals surface area contributed by atoms with E-state index in [4.69, 9.17) is 16.9 Å². The molecule has 102 valence electrons. The first-order valence-electron chi connectivity index (χ1n) is 6.01. The molecule has 0 radical (unpaired) electrons. The van der Waals surface area contributed by atoms with E-state index in [1.807, 2.05) is 13.0 Å². The number of nitrogens with one attached hydrogen (secondary N) is 1. The Kier molecular flexibility index (Phi) is 4.06. The quantitative estimate of drug-likeness (QED) is 0.944. The Morgan fingerprint density at radius 2 is 2.05 bits per heavy atom. The van der Waals surface area contributed by atoms with Crippen molar-refractivity contribution in [3.05, 3.63) is 46.2 Å². The molecule has 5 nitrogen and oxygen atoms in total. The lowest BCUT2D eigenvalue weighted by molar-refractivity contribution is -0.116. The highest BCUT2D eigenvalue weighted by Gasteiger charge is 2.12. The van der Waals surface area contributed by atoms with Crippen molar-refractivity contribution < 1.29 is 4.79 Å². The number of carbonyl (C=O) groups is 1. The zero-order chi connectivity index (χ0) is 14.7. The number of hydrogen-bond acceptors (Lipinski definition) is 3. The molecular weight excluding hydrogens is 276 g/mol. The summed E-state index contributed by atoms with van der Waals surface area (Å²) in [7, 11) is 0. The number of amides is 1. The van der Waals surface area contributed by atoms with Gasteiger partial charge in [0.15, 0.2) is 0 Å². The second-order valence-corrected chi connectivity index (χ2v) is 4.76. The maximum absolute atomic E-state index is 11.9. The van der Waals surface area contributed by atoms with Gasteiger partial charge in [0.25, 0.3) is 0 Å². The fourth-order valence-electron chi connectivity index (χ4n) is 1.79. The van der Waals surface area contributed by atoms with Crippen LogP contribution in [0.1, 0.15) is 17.0 Å². The van der Waals surface area contributed by atoms with Crippen molar-refractivity contribution in [2.45, 2.75) is 20.4 Å². The number of benzene rings is 1. The zero-order valence-electron chi connectivity index (χ0n) is 11.1. The Labute approximate surface area is 121 Å². The number of carbonyl (C=O) groups excluding carboxylic acids is 1. The number of aryl methyl sites for hydroxylation is 1. The monoisotopic (exact) mass is 288 g/mol. The molecule has 6 heteroatoms. The van der Waals surface area contributed by atoms with E-state index in [1.165, 1.54) is 0 Å². The molecule has 1 aromatic carbocycles. The molecule has 0 unspecified atom stereocenters. The van der Waals surface area contributed by atoms with Crippen LogP contribution in [0.2, 0.25) is 5.02 Å². The fraction of sp³-hybridized carbons (Fsp3) is 0.214. The van der Waals surface area contributed by atoms with Crippen LogP contribution >= 0.6 is 11.6 Å². The van der Waals surface area contributed by atoms with Gasteiger partial charge in [-0.15, -0.1) is 0 Å². The molecule has 0 bridgehead atoms. The summed E-state index contributed by atoms with van der Waals surface area (Å²) >= 11 is 6.03. The van der Waals surface area contributed by atoms with Crippen LogP contribution in [-0.2, 0) is 11.3 Å². The molecule has 0 spiro atoms. The Morgan fingerprint density at radius 3 is 2.55 bits per heavy atom. The number of halogens is 1. The van der Waals surface area contributed by atoms with Crippen LogP contribution in [0.3, 0.4) is 0 Å². The smallest absolute Gasteiger partial charge is 0.246 e. The highest BCUT2D eigenvalue weighted by molar-refractivity contribution is 6.31. The van der Waals surface area contributed by atoms with Gasteiger partial charge >= 0.3 is 0 Å². The van der Waals surface area contributed by atoms with Crippen molar-refractivity contribution in [1.82, 2.24) is 9.78 Å². The summed E-state index contributed by atoms with van der Waals surface area (Å²) < 4.78 is 1.57. The lowest BCUT2D eigenvalue weighted by atomic mass is 10.2. The lowest BCUT2D eigenvalue weighted by Gasteiger charge is -2.06. The molecule has 0 aliphatic heterocycles. The van der Waals surface area contributed by atoms with Gasteiger partial charge in [0, 0.05) is 5.69 Å². The Morgan fingerprint density at radius 1 is 1.40 bits per heavy atom. The van der Waals surface area contributed by atoms with Crippen LogP contribution in [0.5, 0.6) is 0 Å². The van der Waals surface area contributed by atoms with Gasteiger partial charge < -0.3 is 5.32 Å². The maximum Gasteiger partial charge on any atom is 0.246 e. The van der Waals surface area contributed by atoms with Crippen LogP contribution in [-0.4, -0.2) is 15.7 Å². The molecule has 0 fully saturated rings. The molecule has 1 heterocycles. The van der Waals surface area contributed by atoms with Gasteiger partial charge in [-0.2, -0.15) is 10.4 Å². The SMILES string of the molecule is Cc1nn(CC(=O)Nc2ccc(C#N)cc2)c(C)c1Cl. The van der Waals surface area contributed by atoms with Crippen LogP contribution in [0.25, 0.3) is 0 Å². The van der Waals surface area contributed by atoms with Crippen molar-refractivity contribution in [2.75, 3.05) is 5.32 Å². The molecule has 0 atom stereocenters. The molecule has 0 aliphatic rings. The third kappa shape index (κ3) is 2.98. The van der Waals surface area contributed by atoms with Crippen LogP contribution in [0.15, 0.2) is 24.3 Å². The van der Waals surface area contributed by atoms with Gasteiger partial charge in [0.2, 0.25) is 5.91 Å². The van der Waals surface area contributed by atoms with Gasteiger partial charge in [-0.25, -0.2) is 0 Å². The number of aromatic nitrogens is 2. The Bertz CT molecular complexity index is 682. The van der Waals surface area contributed by atoms with Crippen molar-refractivity contribution in [3.8, 4) is 6.07 Å². The molecular formula is C14H13ClN4O. The first-order chi connectivity index (χ1) is 9.51. The van der Waals surface area contributed by atoms with E-state index in [9.17, 15) is 4.79 Å². The predicted octanol–water partition coefficient (Wildman–Crippen LogP) is 2.66. The molecule has 1 aromatic heterocycles. The Balaban J connectivity index is 2.05. The summed E-state index contributed by atoms with van der Waals surface area (Å²) in [5.41, 5.74) is 2.66. The van der Waals surface area contributed by atoms with E-state index in [0.717, 1.165) is 5.69 Å². The number of anilines is 1. The van der Waals surface area contributed by atoms with E-state index in [2.05, 4.69) is 10.4 Å². The normalized spacial score (nSPS) is 10.1. The Hall–Kier alpha value is -2.32. The molecule has 0 saturated carbocycles. The number of nitriles is 1. The molecule has 0 aliphatic carbocycles. The summed E-state index contributed by atoms with van der Waals surface area (Å²) in [5, 5.41) is 16.2. The average Bonchev–Trinajstić information content (AvgIpc) is 2.67. The van der Waals surface area contributed by atoms with Gasteiger partial charge in [0.1, 0.15) is 6.54 Å². The van der Waals surface area contributed by atoms with Gasteiger partial charge in [-0.1, -0.05) is 11.6 Å². The van der Waals surface area contributed by atoms with Crippen molar-refractivity contribution in [3.63, 3.8) is 0 Å². The summed E-state index contributed by atoms with van der Waals surface area (Å²) in [6.07, 6.45) is 0. The first-order valence-corrected chi connectivity index (χ1v) is 6.38. The fourth-order valence-corrected chi connectivity index (χ4v) is 1.93. The minimum absolute atomic E-state index is 0.0966. The topological polar surface area (TPSA) is 70.7 Å². The van der Waals surface area contributed by atoms with E-state index in [-0.39, 0.29) is 12.5 Å². The van der Waals surface area contributed by atoms with Gasteiger partial charge in [-0.3, -0.25) is 9.48 Å². The second kappa shape index (κ2) is 5.76. The minimum atomic E-state index is -0.197. The second-order valence-electron chi connectivity index (χ2n) is 4.38. The third-order valence-electron chi connectivity index (χ3n) is 2.88. The molecule has 20 heavy (non-hydrogen) atoms.